The molecule has 0 saturated heterocycles. The Balaban J connectivity index is 3.14. The Labute approximate surface area is 115 Å². The molecule has 3 nitrogen and oxygen atoms in total. The monoisotopic (exact) mass is 264 g/mol. The first-order valence-electron chi connectivity index (χ1n) is 6.87. The number of carboxylic acids is 1. The molecule has 0 bridgehead atoms. The van der Waals surface area contributed by atoms with Crippen LogP contribution in [0.2, 0.25) is 0 Å². The lowest BCUT2D eigenvalue weighted by Gasteiger charge is -2.27. The van der Waals surface area contributed by atoms with E-state index < -0.39 is 5.97 Å². The highest BCUT2D eigenvalue weighted by Crippen LogP contribution is 2.38. The number of unbranched alkanes of at least 4 members (excludes halogenated alkanes) is 2. The van der Waals surface area contributed by atoms with Gasteiger partial charge in [0.05, 0.1) is 0 Å². The summed E-state index contributed by atoms with van der Waals surface area (Å²) in [4.78, 5) is 11.2. The van der Waals surface area contributed by atoms with Crippen molar-refractivity contribution < 1.29 is 15.0 Å². The Kier molecular flexibility index (Phi) is 4.98. The van der Waals surface area contributed by atoms with Crippen LogP contribution in [0.5, 0.6) is 5.75 Å². The zero-order valence-electron chi connectivity index (χ0n) is 12.3. The third-order valence-corrected chi connectivity index (χ3v) is 3.62. The third-order valence-electron chi connectivity index (χ3n) is 3.62. The first-order chi connectivity index (χ1) is 8.79. The molecule has 0 radical (unpaired) electrons. The van der Waals surface area contributed by atoms with Gasteiger partial charge in [0.15, 0.2) is 0 Å². The second-order valence-electron chi connectivity index (χ2n) is 5.85. The molecule has 0 fully saturated rings. The van der Waals surface area contributed by atoms with E-state index in [1.807, 2.05) is 13.0 Å². The van der Waals surface area contributed by atoms with Gasteiger partial charge in [-0.3, -0.25) is 0 Å². The van der Waals surface area contributed by atoms with E-state index in [0.29, 0.717) is 0 Å². The van der Waals surface area contributed by atoms with E-state index in [2.05, 4.69) is 20.8 Å². The molecule has 0 atom stereocenters. The SMILES string of the molecule is CCCCCC(C)(C)c1cc(C)cc(C(=O)O)c1O. The zero-order valence-corrected chi connectivity index (χ0v) is 12.3. The van der Waals surface area contributed by atoms with Gasteiger partial charge < -0.3 is 10.2 Å². The lowest BCUT2D eigenvalue weighted by Crippen LogP contribution is -2.18. The van der Waals surface area contributed by atoms with Crippen LogP contribution in [0.4, 0.5) is 0 Å². The highest BCUT2D eigenvalue weighted by atomic mass is 16.4. The molecule has 3 heteroatoms. The first-order valence-corrected chi connectivity index (χ1v) is 6.87. The van der Waals surface area contributed by atoms with Gasteiger partial charge >= 0.3 is 5.97 Å². The highest BCUT2D eigenvalue weighted by molar-refractivity contribution is 5.91. The van der Waals surface area contributed by atoms with E-state index in [1.165, 1.54) is 6.07 Å². The Morgan fingerprint density at radius 2 is 1.89 bits per heavy atom. The van der Waals surface area contributed by atoms with E-state index in [-0.39, 0.29) is 16.7 Å². The normalized spacial score (nSPS) is 11.6. The molecule has 2 N–H and O–H groups in total. The number of phenols is 1. The molecule has 0 aliphatic carbocycles. The maximum atomic E-state index is 11.2. The Bertz CT molecular complexity index is 461. The Hall–Kier alpha value is -1.51. The van der Waals surface area contributed by atoms with Crippen LogP contribution in [-0.2, 0) is 5.41 Å². The van der Waals surface area contributed by atoms with Gasteiger partial charge in [0.1, 0.15) is 11.3 Å². The fourth-order valence-electron chi connectivity index (χ4n) is 2.41. The van der Waals surface area contributed by atoms with Gasteiger partial charge in [-0.15, -0.1) is 0 Å². The van der Waals surface area contributed by atoms with Crippen molar-refractivity contribution in [1.29, 1.82) is 0 Å². The van der Waals surface area contributed by atoms with Crippen LogP contribution in [0, 0.1) is 6.92 Å². The maximum Gasteiger partial charge on any atom is 0.339 e. The third kappa shape index (κ3) is 3.72. The molecule has 0 aliphatic heterocycles. The molecule has 0 saturated carbocycles. The number of hydrogen-bond donors (Lipinski definition) is 2. The van der Waals surface area contributed by atoms with Crippen molar-refractivity contribution in [2.75, 3.05) is 0 Å². The molecule has 0 spiro atoms. The van der Waals surface area contributed by atoms with Crippen molar-refractivity contribution in [3.05, 3.63) is 28.8 Å². The van der Waals surface area contributed by atoms with Gasteiger partial charge in [-0.1, -0.05) is 46.1 Å². The van der Waals surface area contributed by atoms with Crippen LogP contribution >= 0.6 is 0 Å². The van der Waals surface area contributed by atoms with Crippen LogP contribution in [-0.4, -0.2) is 16.2 Å². The average Bonchev–Trinajstić information content (AvgIpc) is 2.31. The summed E-state index contributed by atoms with van der Waals surface area (Å²) in [6, 6.07) is 3.41. The van der Waals surface area contributed by atoms with Gasteiger partial charge in [0, 0.05) is 5.56 Å². The number of hydrogen-bond acceptors (Lipinski definition) is 2. The maximum absolute atomic E-state index is 11.2. The van der Waals surface area contributed by atoms with Crippen LogP contribution in [0.15, 0.2) is 12.1 Å². The fraction of sp³-hybridized carbons (Fsp3) is 0.562. The summed E-state index contributed by atoms with van der Waals surface area (Å²) < 4.78 is 0. The first kappa shape index (κ1) is 15.5. The fourth-order valence-corrected chi connectivity index (χ4v) is 2.41. The van der Waals surface area contributed by atoms with E-state index in [0.717, 1.165) is 36.8 Å². The molecular formula is C16H24O3. The minimum Gasteiger partial charge on any atom is -0.507 e. The molecule has 106 valence electrons. The number of carbonyl (C=O) groups is 1. The summed E-state index contributed by atoms with van der Waals surface area (Å²) in [5.74, 6) is -1.16. The van der Waals surface area contributed by atoms with E-state index in [9.17, 15) is 9.90 Å². The second-order valence-corrected chi connectivity index (χ2v) is 5.85. The van der Waals surface area contributed by atoms with Gasteiger partial charge in [-0.25, -0.2) is 4.79 Å². The van der Waals surface area contributed by atoms with E-state index >= 15 is 0 Å². The van der Waals surface area contributed by atoms with Gasteiger partial charge in [-0.05, 0) is 30.4 Å². The lowest BCUT2D eigenvalue weighted by atomic mass is 9.78. The van der Waals surface area contributed by atoms with Crippen molar-refractivity contribution in [3.63, 3.8) is 0 Å². The topological polar surface area (TPSA) is 57.5 Å². The van der Waals surface area contributed by atoms with Crippen molar-refractivity contribution in [2.24, 2.45) is 0 Å². The van der Waals surface area contributed by atoms with Crippen LogP contribution in [0.1, 0.15) is 67.9 Å². The predicted octanol–water partition coefficient (Wildman–Crippen LogP) is 4.26. The van der Waals surface area contributed by atoms with Crippen molar-refractivity contribution in [2.45, 2.75) is 58.8 Å². The molecular weight excluding hydrogens is 240 g/mol. The molecule has 0 unspecified atom stereocenters. The highest BCUT2D eigenvalue weighted by Gasteiger charge is 2.26. The molecule has 0 heterocycles. The Morgan fingerprint density at radius 3 is 2.42 bits per heavy atom. The lowest BCUT2D eigenvalue weighted by molar-refractivity contribution is 0.0693. The minimum absolute atomic E-state index is 0.00133. The van der Waals surface area contributed by atoms with Crippen molar-refractivity contribution >= 4 is 5.97 Å². The number of benzene rings is 1. The predicted molar refractivity (Wildman–Crippen MR) is 77.0 cm³/mol. The molecule has 1 aromatic carbocycles. The Morgan fingerprint density at radius 1 is 1.26 bits per heavy atom. The summed E-state index contributed by atoms with van der Waals surface area (Å²) in [6.45, 7) is 8.13. The van der Waals surface area contributed by atoms with Crippen molar-refractivity contribution in [3.8, 4) is 5.75 Å². The smallest absolute Gasteiger partial charge is 0.339 e. The molecule has 1 aromatic rings. The molecule has 0 aromatic heterocycles. The van der Waals surface area contributed by atoms with Gasteiger partial charge in [0.25, 0.3) is 0 Å². The summed E-state index contributed by atoms with van der Waals surface area (Å²) >= 11 is 0. The summed E-state index contributed by atoms with van der Waals surface area (Å²) in [5, 5.41) is 19.3. The number of carboxylic acid groups (broad SMARTS) is 1. The number of aryl methyl sites for hydroxylation is 1. The largest absolute Gasteiger partial charge is 0.507 e. The van der Waals surface area contributed by atoms with Crippen LogP contribution in [0.3, 0.4) is 0 Å². The van der Waals surface area contributed by atoms with Crippen molar-refractivity contribution in [1.82, 2.24) is 0 Å². The van der Waals surface area contributed by atoms with Gasteiger partial charge in [-0.2, -0.15) is 0 Å². The summed E-state index contributed by atoms with van der Waals surface area (Å²) in [6.07, 6.45) is 4.33. The molecule has 0 amide bonds. The quantitative estimate of drug-likeness (QED) is 0.755. The van der Waals surface area contributed by atoms with E-state index in [1.54, 1.807) is 0 Å². The van der Waals surface area contributed by atoms with E-state index in [4.69, 9.17) is 5.11 Å². The summed E-state index contributed by atoms with van der Waals surface area (Å²) in [5.41, 5.74) is 1.39. The summed E-state index contributed by atoms with van der Waals surface area (Å²) in [7, 11) is 0. The zero-order chi connectivity index (χ0) is 14.6. The molecule has 0 aliphatic rings. The van der Waals surface area contributed by atoms with Crippen LogP contribution < -0.4 is 0 Å². The standard InChI is InChI=1S/C16H24O3/c1-5-6-7-8-16(3,4)13-10-11(2)9-12(14(13)17)15(18)19/h9-10,17H,5-8H2,1-4H3,(H,18,19). The van der Waals surface area contributed by atoms with Crippen LogP contribution in [0.25, 0.3) is 0 Å². The van der Waals surface area contributed by atoms with Gasteiger partial charge in [0.2, 0.25) is 0 Å². The minimum atomic E-state index is -1.08. The second kappa shape index (κ2) is 6.09. The molecule has 1 rings (SSSR count). The number of aromatic hydroxyl groups is 1. The molecule has 19 heavy (non-hydrogen) atoms. The number of aromatic carboxylic acids is 1. The number of rotatable bonds is 6. The average molecular weight is 264 g/mol.